The Balaban J connectivity index is 1.72. The zero-order chi connectivity index (χ0) is 24.2. The fraction of sp³-hybridized carbons (Fsp3) is 0.571. The van der Waals surface area contributed by atoms with Crippen molar-refractivity contribution in [2.24, 2.45) is 9.50 Å². The molecular formula is C21H29N5O5S2. The number of nitrogens with one attached hydrogen (secondary N) is 1. The van der Waals surface area contributed by atoms with Crippen molar-refractivity contribution in [3.05, 3.63) is 33.2 Å². The normalized spacial score (nSPS) is 20.0. The van der Waals surface area contributed by atoms with Crippen molar-refractivity contribution in [2.45, 2.75) is 74.7 Å². The molecule has 12 heteroatoms. The fourth-order valence-corrected chi connectivity index (χ4v) is 6.88. The van der Waals surface area contributed by atoms with Crippen LogP contribution in [0.15, 0.2) is 8.57 Å². The topological polar surface area (TPSA) is 171 Å². The molecule has 0 radical (unpaired) electrons. The van der Waals surface area contributed by atoms with Crippen LogP contribution in [0.5, 0.6) is 0 Å². The van der Waals surface area contributed by atoms with Crippen LogP contribution in [-0.2, 0) is 46.8 Å². The highest BCUT2D eigenvalue weighted by Crippen LogP contribution is 2.44. The largest absolute Gasteiger partial charge is 0.393 e. The van der Waals surface area contributed by atoms with Crippen LogP contribution >= 0.6 is 11.3 Å². The number of pyridine rings is 1. The molecule has 4 rings (SSSR count). The predicted molar refractivity (Wildman–Crippen MR) is 124 cm³/mol. The first-order chi connectivity index (χ1) is 15.4. The molecule has 0 spiro atoms. The van der Waals surface area contributed by atoms with Crippen LogP contribution in [0.4, 0.5) is 10.5 Å². The third kappa shape index (κ3) is 4.31. The quantitative estimate of drug-likeness (QED) is 0.421. The molecule has 2 aromatic rings. The highest BCUT2D eigenvalue weighted by molar-refractivity contribution is 7.93. The number of aryl methyl sites for hydroxylation is 1. The van der Waals surface area contributed by atoms with Crippen LogP contribution in [0.3, 0.4) is 0 Å². The van der Waals surface area contributed by atoms with Crippen LogP contribution in [0.25, 0.3) is 0 Å². The number of nitrogens with zero attached hydrogens (tertiary/aromatic N) is 3. The van der Waals surface area contributed by atoms with Crippen molar-refractivity contribution >= 4 is 33.0 Å². The summed E-state index contributed by atoms with van der Waals surface area (Å²) in [6.07, 6.45) is 4.29. The molecule has 2 amide bonds. The average Bonchev–Trinajstić information content (AvgIpc) is 3.45. The monoisotopic (exact) mass is 495 g/mol. The average molecular weight is 496 g/mol. The van der Waals surface area contributed by atoms with Gasteiger partial charge < -0.3 is 20.6 Å². The zero-order valence-electron chi connectivity index (χ0n) is 18.8. The summed E-state index contributed by atoms with van der Waals surface area (Å²) in [7, 11) is -3.77. The van der Waals surface area contributed by atoms with Gasteiger partial charge in [0.25, 0.3) is 0 Å². The maximum atomic E-state index is 13.2. The standard InChI is InChI=1S/C21H29N5O5S2/c1-20(2)8-7-12-15(11-5-4-6-13(11)23-16(12)20)25-19(29)26-33(22,31)17-14(9-27)24-18(32-17)21(3,30)10-28/h27-28,30H,4-10H2,1-3H3,(H3,22,23,25,26,29,31)/t21-,33?/m0/s1. The molecule has 2 aliphatic rings. The number of aromatic nitrogens is 2. The van der Waals surface area contributed by atoms with Gasteiger partial charge in [0.15, 0.2) is 9.92 Å². The van der Waals surface area contributed by atoms with Gasteiger partial charge >= 0.3 is 6.03 Å². The van der Waals surface area contributed by atoms with Crippen LogP contribution in [-0.4, -0.2) is 42.1 Å². The minimum absolute atomic E-state index is 0.0184. The molecule has 1 unspecified atom stereocenters. The van der Waals surface area contributed by atoms with E-state index in [0.29, 0.717) is 5.69 Å². The Hall–Kier alpha value is -1.96. The van der Waals surface area contributed by atoms with Crippen LogP contribution in [0.2, 0.25) is 0 Å². The summed E-state index contributed by atoms with van der Waals surface area (Å²) < 4.78 is 16.8. The van der Waals surface area contributed by atoms with Gasteiger partial charge in [-0.25, -0.2) is 19.1 Å². The van der Waals surface area contributed by atoms with Crippen molar-refractivity contribution < 1.29 is 24.3 Å². The van der Waals surface area contributed by atoms with E-state index in [9.17, 15) is 24.3 Å². The summed E-state index contributed by atoms with van der Waals surface area (Å²) in [5.74, 6) is 0. The van der Waals surface area contributed by atoms with Gasteiger partial charge in [-0.1, -0.05) is 13.8 Å². The van der Waals surface area contributed by atoms with Crippen molar-refractivity contribution in [3.63, 3.8) is 0 Å². The summed E-state index contributed by atoms with van der Waals surface area (Å²) in [4.78, 5) is 21.8. The molecule has 0 bridgehead atoms. The predicted octanol–water partition coefficient (Wildman–Crippen LogP) is 1.88. The number of anilines is 1. The third-order valence-electron chi connectivity index (χ3n) is 6.26. The molecule has 2 heterocycles. The molecule has 6 N–H and O–H groups in total. The lowest BCUT2D eigenvalue weighted by atomic mass is 9.90. The number of carbonyl (C=O) groups excluding carboxylic acids is 1. The number of carbonyl (C=O) groups is 1. The Bertz CT molecular complexity index is 1240. The van der Waals surface area contributed by atoms with Gasteiger partial charge in [0.05, 0.1) is 30.3 Å². The second kappa shape index (κ2) is 8.36. The smallest absolute Gasteiger partial charge is 0.354 e. The van der Waals surface area contributed by atoms with Crippen LogP contribution < -0.4 is 10.5 Å². The van der Waals surface area contributed by atoms with Gasteiger partial charge in [0.2, 0.25) is 0 Å². The first-order valence-corrected chi connectivity index (χ1v) is 13.1. The summed E-state index contributed by atoms with van der Waals surface area (Å²) in [5.41, 5.74) is 2.77. The number of rotatable bonds is 5. The van der Waals surface area contributed by atoms with Gasteiger partial charge in [0, 0.05) is 11.1 Å². The molecule has 0 aromatic carbocycles. The number of nitrogens with two attached hydrogens (primary N) is 1. The molecule has 2 aliphatic carbocycles. The Kier molecular flexibility index (Phi) is 6.13. The molecule has 0 aliphatic heterocycles. The molecular weight excluding hydrogens is 466 g/mol. The molecule has 0 fully saturated rings. The molecule has 2 aromatic heterocycles. The van der Waals surface area contributed by atoms with Gasteiger partial charge in [-0.15, -0.1) is 15.7 Å². The van der Waals surface area contributed by atoms with E-state index in [4.69, 9.17) is 10.1 Å². The van der Waals surface area contributed by atoms with E-state index >= 15 is 0 Å². The third-order valence-corrected chi connectivity index (χ3v) is 9.58. The van der Waals surface area contributed by atoms with Crippen molar-refractivity contribution in [1.82, 2.24) is 9.97 Å². The summed E-state index contributed by atoms with van der Waals surface area (Å²) >= 11 is 0.745. The lowest BCUT2D eigenvalue weighted by Gasteiger charge is -2.20. The van der Waals surface area contributed by atoms with Crippen molar-refractivity contribution in [1.29, 1.82) is 0 Å². The van der Waals surface area contributed by atoms with E-state index in [2.05, 4.69) is 28.5 Å². The lowest BCUT2D eigenvalue weighted by molar-refractivity contribution is -0.00264. The number of urea groups is 1. The van der Waals surface area contributed by atoms with E-state index in [0.717, 1.165) is 66.0 Å². The number of hydrogen-bond donors (Lipinski definition) is 5. The molecule has 0 saturated heterocycles. The molecule has 0 saturated carbocycles. The number of thiazole rings is 1. The molecule has 180 valence electrons. The lowest BCUT2D eigenvalue weighted by Crippen LogP contribution is -2.25. The van der Waals surface area contributed by atoms with Crippen molar-refractivity contribution in [2.75, 3.05) is 11.9 Å². The summed E-state index contributed by atoms with van der Waals surface area (Å²) in [5, 5.41) is 38.1. The van der Waals surface area contributed by atoms with Crippen molar-refractivity contribution in [3.8, 4) is 0 Å². The number of aliphatic hydroxyl groups excluding tert-OH is 2. The Labute approximate surface area is 196 Å². The molecule has 2 atom stereocenters. The highest BCUT2D eigenvalue weighted by Gasteiger charge is 2.37. The highest BCUT2D eigenvalue weighted by atomic mass is 32.2. The second-order valence-electron chi connectivity index (χ2n) is 9.41. The number of amides is 2. The number of aliphatic hydroxyl groups is 3. The van der Waals surface area contributed by atoms with Gasteiger partial charge in [-0.2, -0.15) is 0 Å². The minimum Gasteiger partial charge on any atom is -0.393 e. The fourth-order valence-electron chi connectivity index (χ4n) is 4.39. The van der Waals surface area contributed by atoms with Gasteiger partial charge in [-0.3, -0.25) is 4.98 Å². The van der Waals surface area contributed by atoms with E-state index < -0.39 is 34.8 Å². The van der Waals surface area contributed by atoms with E-state index in [-0.39, 0.29) is 20.3 Å². The van der Waals surface area contributed by atoms with Gasteiger partial charge in [0.1, 0.15) is 14.8 Å². The Morgan fingerprint density at radius 2 is 2.00 bits per heavy atom. The van der Waals surface area contributed by atoms with Crippen LogP contribution in [0, 0.1) is 0 Å². The SMILES string of the molecule is CC1(C)CCc2c1nc1c(c2NC(=O)N=S(N)(=O)c2sc([C@@](C)(O)CO)nc2CO)CCC1. The zero-order valence-corrected chi connectivity index (χ0v) is 20.5. The Morgan fingerprint density at radius 1 is 1.27 bits per heavy atom. The molecule has 33 heavy (non-hydrogen) atoms. The maximum Gasteiger partial charge on any atom is 0.354 e. The Morgan fingerprint density at radius 3 is 2.67 bits per heavy atom. The summed E-state index contributed by atoms with van der Waals surface area (Å²) in [6.45, 7) is 4.34. The van der Waals surface area contributed by atoms with E-state index in [1.807, 2.05) is 0 Å². The number of fused-ring (bicyclic) bond motifs is 2. The van der Waals surface area contributed by atoms with E-state index in [1.165, 1.54) is 6.92 Å². The molecule has 10 nitrogen and oxygen atoms in total. The summed E-state index contributed by atoms with van der Waals surface area (Å²) in [6, 6.07) is -0.859. The minimum atomic E-state index is -3.77. The van der Waals surface area contributed by atoms with E-state index in [1.54, 1.807) is 0 Å². The second-order valence-corrected chi connectivity index (χ2v) is 12.4. The van der Waals surface area contributed by atoms with Gasteiger partial charge in [-0.05, 0) is 50.2 Å². The maximum absolute atomic E-state index is 13.2. The van der Waals surface area contributed by atoms with Crippen LogP contribution in [0.1, 0.15) is 66.8 Å². The number of hydrogen-bond acceptors (Lipinski definition) is 8. The first kappa shape index (κ1) is 24.2. The first-order valence-electron chi connectivity index (χ1n) is 10.7.